The highest BCUT2D eigenvalue weighted by atomic mass is 16.5. The van der Waals surface area contributed by atoms with Crippen LogP contribution < -0.4 is 14.4 Å². The molecule has 1 N–H and O–H groups in total. The van der Waals surface area contributed by atoms with Gasteiger partial charge in [0, 0.05) is 48.0 Å². The van der Waals surface area contributed by atoms with Gasteiger partial charge in [-0.1, -0.05) is 13.8 Å². The van der Waals surface area contributed by atoms with Crippen LogP contribution in [0.5, 0.6) is 11.5 Å². The van der Waals surface area contributed by atoms with Crippen LogP contribution in [0.1, 0.15) is 26.3 Å². The third-order valence-corrected chi connectivity index (χ3v) is 5.73. The maximum atomic E-state index is 9.84. The smallest absolute Gasteiger partial charge is 0.181 e. The highest BCUT2D eigenvalue weighted by molar-refractivity contribution is 5.67. The topological polar surface area (TPSA) is 72.6 Å². The molecule has 1 aromatic heterocycles. The van der Waals surface area contributed by atoms with Gasteiger partial charge in [0.1, 0.15) is 11.5 Å². The molecule has 172 valence electrons. The van der Waals surface area contributed by atoms with Crippen molar-refractivity contribution in [1.29, 1.82) is 0 Å². The molecule has 0 saturated heterocycles. The van der Waals surface area contributed by atoms with Crippen molar-refractivity contribution < 1.29 is 14.6 Å². The fraction of sp³-hybridized carbons (Fsp3) is 0.440. The minimum absolute atomic E-state index is 0.0419. The Balaban J connectivity index is 2.12. The summed E-state index contributed by atoms with van der Waals surface area (Å²) in [4.78, 5) is 7.07. The van der Waals surface area contributed by atoms with Gasteiger partial charge in [0.2, 0.25) is 0 Å². The predicted molar refractivity (Wildman–Crippen MR) is 129 cm³/mol. The van der Waals surface area contributed by atoms with Gasteiger partial charge in [-0.3, -0.25) is 0 Å². The molecule has 0 radical (unpaired) electrons. The molecule has 7 heteroatoms. The zero-order valence-electron chi connectivity index (χ0n) is 20.1. The lowest BCUT2D eigenvalue weighted by molar-refractivity contribution is 0.137. The molecule has 0 spiro atoms. The molecule has 1 heterocycles. The van der Waals surface area contributed by atoms with Crippen molar-refractivity contribution in [2.75, 3.05) is 39.3 Å². The van der Waals surface area contributed by atoms with Crippen LogP contribution in [0.3, 0.4) is 0 Å². The van der Waals surface area contributed by atoms with Gasteiger partial charge < -0.3 is 19.5 Å². The number of hydrogen-bond donors (Lipinski definition) is 1. The third-order valence-electron chi connectivity index (χ3n) is 5.73. The molecule has 0 bridgehead atoms. The minimum atomic E-state index is -0.355. The van der Waals surface area contributed by atoms with Crippen LogP contribution in [0.4, 0.5) is 5.69 Å². The summed E-state index contributed by atoms with van der Waals surface area (Å²) in [5.41, 5.74) is 3.50. The Morgan fingerprint density at radius 2 is 1.62 bits per heavy atom. The van der Waals surface area contributed by atoms with Crippen molar-refractivity contribution >= 4 is 5.69 Å². The van der Waals surface area contributed by atoms with E-state index in [-0.39, 0.29) is 12.0 Å². The number of aromatic nitrogens is 3. The van der Waals surface area contributed by atoms with E-state index in [1.165, 1.54) is 0 Å². The van der Waals surface area contributed by atoms with E-state index in [2.05, 4.69) is 31.0 Å². The van der Waals surface area contributed by atoms with E-state index in [0.717, 1.165) is 40.4 Å². The normalized spacial score (nSPS) is 11.5. The van der Waals surface area contributed by atoms with Crippen LogP contribution in [0.2, 0.25) is 0 Å². The molecule has 0 aliphatic rings. The summed E-state index contributed by atoms with van der Waals surface area (Å²) in [6, 6.07) is 12.1. The van der Waals surface area contributed by atoms with E-state index < -0.39 is 0 Å². The number of nitrogens with zero attached hydrogens (tertiary/aromatic N) is 4. The number of methoxy groups -OCH3 is 2. The van der Waals surface area contributed by atoms with E-state index >= 15 is 0 Å². The van der Waals surface area contributed by atoms with E-state index in [1.807, 2.05) is 49.7 Å². The summed E-state index contributed by atoms with van der Waals surface area (Å²) in [7, 11) is 5.35. The van der Waals surface area contributed by atoms with E-state index in [1.54, 1.807) is 14.2 Å². The Labute approximate surface area is 190 Å². The fourth-order valence-electron chi connectivity index (χ4n) is 3.51. The standard InChI is InChI=1S/C25H34N4O3/c1-8-28(5)20-11-9-18(10-12-20)23-26-24(29(27-23)15-25(3,4)16-30)19-13-21(31-6)17(2)22(14-19)32-7/h9-14,30H,8,15-16H2,1-7H3. The van der Waals surface area contributed by atoms with Crippen LogP contribution in [0, 0.1) is 12.3 Å². The second-order valence-electron chi connectivity index (χ2n) is 8.81. The highest BCUT2D eigenvalue weighted by Crippen LogP contribution is 2.35. The molecule has 3 aromatic rings. The Bertz CT molecular complexity index is 1030. The van der Waals surface area contributed by atoms with Crippen LogP contribution in [-0.4, -0.2) is 54.3 Å². The lowest BCUT2D eigenvalue weighted by Gasteiger charge is -2.22. The first-order chi connectivity index (χ1) is 15.2. The summed E-state index contributed by atoms with van der Waals surface area (Å²) in [5, 5.41) is 14.7. The number of ether oxygens (including phenoxy) is 2. The molecule has 0 atom stereocenters. The number of benzene rings is 2. The van der Waals surface area contributed by atoms with Gasteiger partial charge in [-0.2, -0.15) is 5.10 Å². The molecule has 32 heavy (non-hydrogen) atoms. The quantitative estimate of drug-likeness (QED) is 0.533. The number of aliphatic hydroxyl groups excluding tert-OH is 1. The van der Waals surface area contributed by atoms with E-state index in [0.29, 0.717) is 18.2 Å². The third kappa shape index (κ3) is 4.88. The minimum Gasteiger partial charge on any atom is -0.496 e. The molecule has 0 fully saturated rings. The van der Waals surface area contributed by atoms with Crippen LogP contribution in [0.15, 0.2) is 36.4 Å². The van der Waals surface area contributed by atoms with Gasteiger partial charge >= 0.3 is 0 Å². The summed E-state index contributed by atoms with van der Waals surface area (Å²) in [6.45, 7) is 9.58. The van der Waals surface area contributed by atoms with Gasteiger partial charge in [-0.05, 0) is 50.2 Å². The van der Waals surface area contributed by atoms with E-state index in [4.69, 9.17) is 19.6 Å². The summed E-state index contributed by atoms with van der Waals surface area (Å²) in [5.74, 6) is 2.79. The second-order valence-corrected chi connectivity index (χ2v) is 8.81. The Kier molecular flexibility index (Phi) is 7.09. The average molecular weight is 439 g/mol. The lowest BCUT2D eigenvalue weighted by atomic mass is 9.95. The van der Waals surface area contributed by atoms with Crippen molar-refractivity contribution in [3.8, 4) is 34.3 Å². The molecule has 3 rings (SSSR count). The molecule has 0 unspecified atom stereocenters. The number of hydrogen-bond acceptors (Lipinski definition) is 6. The fourth-order valence-corrected chi connectivity index (χ4v) is 3.51. The monoisotopic (exact) mass is 438 g/mol. The van der Waals surface area contributed by atoms with Gasteiger partial charge in [0.25, 0.3) is 0 Å². The first kappa shape index (κ1) is 23.6. The zero-order chi connectivity index (χ0) is 23.5. The second kappa shape index (κ2) is 9.61. The SMILES string of the molecule is CCN(C)c1ccc(-c2nc(-c3cc(OC)c(C)c(OC)c3)n(CC(C)(C)CO)n2)cc1. The Morgan fingerprint density at radius 3 is 2.12 bits per heavy atom. The van der Waals surface area contributed by atoms with Crippen LogP contribution >= 0.6 is 0 Å². The van der Waals surface area contributed by atoms with E-state index in [9.17, 15) is 5.11 Å². The van der Waals surface area contributed by atoms with Crippen molar-refractivity contribution in [3.63, 3.8) is 0 Å². The van der Waals surface area contributed by atoms with Crippen molar-refractivity contribution in [2.24, 2.45) is 5.41 Å². The summed E-state index contributed by atoms with van der Waals surface area (Å²) in [6.07, 6.45) is 0. The van der Waals surface area contributed by atoms with Gasteiger partial charge in [0.15, 0.2) is 11.6 Å². The highest BCUT2D eigenvalue weighted by Gasteiger charge is 2.23. The summed E-state index contributed by atoms with van der Waals surface area (Å²) < 4.78 is 13.0. The lowest BCUT2D eigenvalue weighted by Crippen LogP contribution is -2.25. The van der Waals surface area contributed by atoms with Gasteiger partial charge in [-0.25, -0.2) is 9.67 Å². The predicted octanol–water partition coefficient (Wildman–Crippen LogP) is 4.41. The molecule has 0 amide bonds. The average Bonchev–Trinajstić information content (AvgIpc) is 3.21. The first-order valence-corrected chi connectivity index (χ1v) is 10.8. The molecule has 0 aliphatic heterocycles. The van der Waals surface area contributed by atoms with Crippen LogP contribution in [0.25, 0.3) is 22.8 Å². The van der Waals surface area contributed by atoms with Crippen molar-refractivity contribution in [3.05, 3.63) is 42.0 Å². The first-order valence-electron chi connectivity index (χ1n) is 10.8. The Hall–Kier alpha value is -3.06. The molecular weight excluding hydrogens is 404 g/mol. The largest absolute Gasteiger partial charge is 0.496 e. The molecule has 0 aliphatic carbocycles. The molecule has 2 aromatic carbocycles. The molecule has 7 nitrogen and oxygen atoms in total. The zero-order valence-corrected chi connectivity index (χ0v) is 20.1. The Morgan fingerprint density at radius 1 is 1.03 bits per heavy atom. The maximum absolute atomic E-state index is 9.84. The number of anilines is 1. The maximum Gasteiger partial charge on any atom is 0.181 e. The van der Waals surface area contributed by atoms with Crippen LogP contribution in [-0.2, 0) is 6.54 Å². The van der Waals surface area contributed by atoms with Crippen molar-refractivity contribution in [1.82, 2.24) is 14.8 Å². The van der Waals surface area contributed by atoms with Crippen molar-refractivity contribution in [2.45, 2.75) is 34.2 Å². The number of aliphatic hydroxyl groups is 1. The molecular formula is C25H34N4O3. The number of rotatable bonds is 9. The summed E-state index contributed by atoms with van der Waals surface area (Å²) >= 11 is 0. The van der Waals surface area contributed by atoms with Gasteiger partial charge in [0.05, 0.1) is 20.8 Å². The van der Waals surface area contributed by atoms with Gasteiger partial charge in [-0.15, -0.1) is 0 Å². The molecule has 0 saturated carbocycles.